The Labute approximate surface area is 153 Å². The Morgan fingerprint density at radius 2 is 1.67 bits per heavy atom. The molecule has 0 spiro atoms. The molecule has 6 nitrogen and oxygen atoms in total. The molecule has 0 fully saturated rings. The fourth-order valence-electron chi connectivity index (χ4n) is 1.91. The van der Waals surface area contributed by atoms with Crippen molar-refractivity contribution in [2.45, 2.75) is 0 Å². The number of hydrogen-bond donors (Lipinski definition) is 1. The lowest BCUT2D eigenvalue weighted by atomic mass is 10.2. The number of methoxy groups -OCH3 is 2. The van der Waals surface area contributed by atoms with E-state index in [9.17, 15) is 9.59 Å². The van der Waals surface area contributed by atoms with Gasteiger partial charge in [-0.2, -0.15) is 0 Å². The number of benzene rings is 2. The molecule has 0 unspecified atom stereocenters. The number of rotatable bonds is 6. The summed E-state index contributed by atoms with van der Waals surface area (Å²) < 4.78 is 16.3. The summed E-state index contributed by atoms with van der Waals surface area (Å²) in [4.78, 5) is 23.8. The molecule has 24 heavy (non-hydrogen) atoms. The number of carbonyl (C=O) groups is 2. The first-order chi connectivity index (χ1) is 11.5. The summed E-state index contributed by atoms with van der Waals surface area (Å²) in [7, 11) is 2.98. The van der Waals surface area contributed by atoms with E-state index < -0.39 is 11.9 Å². The van der Waals surface area contributed by atoms with Gasteiger partial charge < -0.3 is 19.5 Å². The number of ether oxygens (including phenoxy) is 3. The molecule has 126 valence electrons. The van der Waals surface area contributed by atoms with E-state index >= 15 is 0 Å². The third-order valence-corrected chi connectivity index (χ3v) is 3.80. The maximum atomic E-state index is 12.0. The van der Waals surface area contributed by atoms with Gasteiger partial charge in [0.1, 0.15) is 0 Å². The van der Waals surface area contributed by atoms with Crippen molar-refractivity contribution >= 4 is 40.2 Å². The lowest BCUT2D eigenvalue weighted by Gasteiger charge is -2.10. The molecule has 0 saturated carbocycles. The summed E-state index contributed by atoms with van der Waals surface area (Å²) in [6.45, 7) is -0.376. The summed E-state index contributed by atoms with van der Waals surface area (Å²) in [6, 6.07) is 11.9. The van der Waals surface area contributed by atoms with Gasteiger partial charge in [0, 0.05) is 9.26 Å². The van der Waals surface area contributed by atoms with Crippen molar-refractivity contribution in [2.24, 2.45) is 0 Å². The molecule has 0 bridgehead atoms. The van der Waals surface area contributed by atoms with Gasteiger partial charge in [0.15, 0.2) is 18.1 Å². The molecular formula is C17H16INO5. The second kappa shape index (κ2) is 8.53. The van der Waals surface area contributed by atoms with Crippen molar-refractivity contribution in [1.82, 2.24) is 0 Å². The molecule has 2 aromatic rings. The average molecular weight is 441 g/mol. The highest BCUT2D eigenvalue weighted by Crippen LogP contribution is 2.27. The number of amides is 1. The van der Waals surface area contributed by atoms with E-state index in [1.54, 1.807) is 24.3 Å². The molecule has 0 aliphatic carbocycles. The summed E-state index contributed by atoms with van der Waals surface area (Å²) in [5.74, 6) is -0.112. The van der Waals surface area contributed by atoms with Gasteiger partial charge in [0.25, 0.3) is 5.91 Å². The van der Waals surface area contributed by atoms with E-state index in [0.29, 0.717) is 17.2 Å². The second-order valence-electron chi connectivity index (χ2n) is 4.70. The highest BCUT2D eigenvalue weighted by atomic mass is 127. The van der Waals surface area contributed by atoms with Crippen molar-refractivity contribution in [3.63, 3.8) is 0 Å². The van der Waals surface area contributed by atoms with Crippen molar-refractivity contribution in [3.05, 3.63) is 51.6 Å². The molecule has 0 radical (unpaired) electrons. The minimum atomic E-state index is -0.617. The fraction of sp³-hybridized carbons (Fsp3) is 0.176. The zero-order valence-corrected chi connectivity index (χ0v) is 15.3. The van der Waals surface area contributed by atoms with Crippen molar-refractivity contribution < 1.29 is 23.8 Å². The van der Waals surface area contributed by atoms with E-state index in [1.807, 2.05) is 12.1 Å². The Balaban J connectivity index is 1.92. The first-order valence-electron chi connectivity index (χ1n) is 6.98. The van der Waals surface area contributed by atoms with Crippen LogP contribution >= 0.6 is 22.6 Å². The van der Waals surface area contributed by atoms with Crippen LogP contribution in [0, 0.1) is 3.57 Å². The number of hydrogen-bond acceptors (Lipinski definition) is 5. The Morgan fingerprint density at radius 1 is 1.00 bits per heavy atom. The van der Waals surface area contributed by atoms with Crippen LogP contribution in [-0.2, 0) is 9.53 Å². The predicted octanol–water partition coefficient (Wildman–Crippen LogP) is 3.10. The Hall–Kier alpha value is -2.29. The van der Waals surface area contributed by atoms with E-state index in [2.05, 4.69) is 27.9 Å². The zero-order valence-electron chi connectivity index (χ0n) is 13.2. The maximum absolute atomic E-state index is 12.0. The third-order valence-electron chi connectivity index (χ3n) is 3.08. The largest absolute Gasteiger partial charge is 0.493 e. The maximum Gasteiger partial charge on any atom is 0.338 e. The van der Waals surface area contributed by atoms with Crippen LogP contribution in [0.1, 0.15) is 10.4 Å². The van der Waals surface area contributed by atoms with E-state index in [0.717, 1.165) is 3.57 Å². The molecular weight excluding hydrogens is 425 g/mol. The summed E-state index contributed by atoms with van der Waals surface area (Å²) in [6.07, 6.45) is 0. The van der Waals surface area contributed by atoms with Gasteiger partial charge in [-0.1, -0.05) is 0 Å². The van der Waals surface area contributed by atoms with Crippen LogP contribution in [-0.4, -0.2) is 32.7 Å². The monoisotopic (exact) mass is 441 g/mol. The molecule has 0 heterocycles. The smallest absolute Gasteiger partial charge is 0.338 e. The minimum Gasteiger partial charge on any atom is -0.493 e. The fourth-order valence-corrected chi connectivity index (χ4v) is 2.27. The SMILES string of the molecule is COc1ccc(C(=O)OCC(=O)Nc2ccc(I)cc2)cc1OC. The Bertz CT molecular complexity index is 730. The predicted molar refractivity (Wildman–Crippen MR) is 97.6 cm³/mol. The van der Waals surface area contributed by atoms with Gasteiger partial charge in [-0.25, -0.2) is 4.79 Å². The number of carbonyl (C=O) groups excluding carboxylic acids is 2. The van der Waals surface area contributed by atoms with E-state index in [1.165, 1.54) is 20.3 Å². The van der Waals surface area contributed by atoms with Gasteiger partial charge in [-0.05, 0) is 65.1 Å². The number of anilines is 1. The van der Waals surface area contributed by atoms with Gasteiger partial charge >= 0.3 is 5.97 Å². The zero-order chi connectivity index (χ0) is 17.5. The van der Waals surface area contributed by atoms with Crippen LogP contribution in [0.4, 0.5) is 5.69 Å². The van der Waals surface area contributed by atoms with Crippen LogP contribution in [0.15, 0.2) is 42.5 Å². The highest BCUT2D eigenvalue weighted by molar-refractivity contribution is 14.1. The summed E-state index contributed by atoms with van der Waals surface area (Å²) in [5.41, 5.74) is 0.914. The van der Waals surface area contributed by atoms with Crippen LogP contribution in [0.25, 0.3) is 0 Å². The molecule has 0 aliphatic rings. The lowest BCUT2D eigenvalue weighted by molar-refractivity contribution is -0.119. The van der Waals surface area contributed by atoms with Crippen molar-refractivity contribution in [3.8, 4) is 11.5 Å². The molecule has 1 amide bonds. The molecule has 2 aromatic carbocycles. The van der Waals surface area contributed by atoms with Gasteiger partial charge in [-0.15, -0.1) is 0 Å². The van der Waals surface area contributed by atoms with Gasteiger partial charge in [0.05, 0.1) is 19.8 Å². The van der Waals surface area contributed by atoms with Gasteiger partial charge in [-0.3, -0.25) is 4.79 Å². The molecule has 2 rings (SSSR count). The first-order valence-corrected chi connectivity index (χ1v) is 8.06. The second-order valence-corrected chi connectivity index (χ2v) is 5.95. The van der Waals surface area contributed by atoms with E-state index in [-0.39, 0.29) is 12.2 Å². The van der Waals surface area contributed by atoms with Crippen molar-refractivity contribution in [1.29, 1.82) is 0 Å². The van der Waals surface area contributed by atoms with Crippen molar-refractivity contribution in [2.75, 3.05) is 26.1 Å². The number of esters is 1. The topological polar surface area (TPSA) is 73.9 Å². The molecule has 0 atom stereocenters. The standard InChI is InChI=1S/C17H16INO5/c1-22-14-8-3-11(9-15(14)23-2)17(21)24-10-16(20)19-13-6-4-12(18)5-7-13/h3-9H,10H2,1-2H3,(H,19,20). The normalized spacial score (nSPS) is 9.96. The Kier molecular flexibility index (Phi) is 6.42. The molecule has 7 heteroatoms. The van der Waals surface area contributed by atoms with Crippen LogP contribution in [0.3, 0.4) is 0 Å². The molecule has 0 aliphatic heterocycles. The summed E-state index contributed by atoms with van der Waals surface area (Å²) in [5, 5.41) is 2.65. The first kappa shape index (κ1) is 18.1. The van der Waals surface area contributed by atoms with Crippen LogP contribution in [0.2, 0.25) is 0 Å². The molecule has 1 N–H and O–H groups in total. The Morgan fingerprint density at radius 3 is 2.29 bits per heavy atom. The quantitative estimate of drug-likeness (QED) is 0.551. The van der Waals surface area contributed by atoms with E-state index in [4.69, 9.17) is 14.2 Å². The number of nitrogens with one attached hydrogen (secondary N) is 1. The summed E-state index contributed by atoms with van der Waals surface area (Å²) >= 11 is 2.17. The highest BCUT2D eigenvalue weighted by Gasteiger charge is 2.13. The third kappa shape index (κ3) is 4.85. The average Bonchev–Trinajstić information content (AvgIpc) is 2.61. The van der Waals surface area contributed by atoms with Gasteiger partial charge in [0.2, 0.25) is 0 Å². The molecule has 0 saturated heterocycles. The molecule has 0 aromatic heterocycles. The number of halogens is 1. The van der Waals surface area contributed by atoms with Crippen LogP contribution in [0.5, 0.6) is 11.5 Å². The lowest BCUT2D eigenvalue weighted by Crippen LogP contribution is -2.20. The minimum absolute atomic E-state index is 0.273. The van der Waals surface area contributed by atoms with Crippen LogP contribution < -0.4 is 14.8 Å².